The minimum Gasteiger partial charge on any atom is -0.390 e. The monoisotopic (exact) mass is 581 g/mol. The molecule has 3 aliphatic heterocycles. The number of anilines is 1. The van der Waals surface area contributed by atoms with Gasteiger partial charge in [-0.1, -0.05) is 0 Å². The zero-order valence-corrected chi connectivity index (χ0v) is 23.0. The molecule has 8 nitrogen and oxygen atoms in total. The van der Waals surface area contributed by atoms with Gasteiger partial charge in [0.15, 0.2) is 0 Å². The number of piperidine rings is 1. The second-order valence-electron chi connectivity index (χ2n) is 9.80. The predicted molar refractivity (Wildman–Crippen MR) is 151 cm³/mol. The van der Waals surface area contributed by atoms with Crippen molar-refractivity contribution >= 4 is 59.2 Å². The number of likely N-dealkylation sites (tertiary alicyclic amines) is 1. The number of pyridine rings is 2. The third-order valence-electron chi connectivity index (χ3n) is 7.47. The van der Waals surface area contributed by atoms with Gasteiger partial charge in [0.1, 0.15) is 11.6 Å². The van der Waals surface area contributed by atoms with Gasteiger partial charge in [-0.3, -0.25) is 9.59 Å². The number of carbonyl (C=O) groups excluding carboxylic acids is 1. The first kappa shape index (κ1) is 28.8. The van der Waals surface area contributed by atoms with E-state index >= 15 is 0 Å². The highest BCUT2D eigenvalue weighted by atomic mass is 35.5. The third-order valence-corrected chi connectivity index (χ3v) is 8.52. The Kier molecular flexibility index (Phi) is 9.01. The Balaban J connectivity index is 0.00000168. The Morgan fingerprint density at radius 2 is 1.92 bits per heavy atom. The Hall–Kier alpha value is -2.21. The van der Waals surface area contributed by atoms with Gasteiger partial charge in [0.05, 0.1) is 28.0 Å². The molecule has 0 saturated carbocycles. The Labute approximate surface area is 236 Å². The predicted octanol–water partition coefficient (Wildman–Crippen LogP) is 3.14. The highest BCUT2D eigenvalue weighted by Crippen LogP contribution is 2.35. The normalized spacial score (nSPS) is 22.7. The molecule has 3 aromatic rings. The number of nitrogens with one attached hydrogen (secondary N) is 2. The minimum atomic E-state index is -0.564. The molecule has 12 heteroatoms. The fourth-order valence-electron chi connectivity index (χ4n) is 5.67. The van der Waals surface area contributed by atoms with Gasteiger partial charge >= 0.3 is 0 Å². The molecule has 6 rings (SSSR count). The average Bonchev–Trinajstić information content (AvgIpc) is 2.87. The van der Waals surface area contributed by atoms with Crippen LogP contribution in [0.5, 0.6) is 0 Å². The van der Waals surface area contributed by atoms with Gasteiger partial charge in [-0.15, -0.1) is 36.6 Å². The summed E-state index contributed by atoms with van der Waals surface area (Å²) >= 11 is 1.48. The Bertz CT molecular complexity index is 1410. The van der Waals surface area contributed by atoms with Gasteiger partial charge in [-0.2, -0.15) is 0 Å². The van der Waals surface area contributed by atoms with Crippen LogP contribution in [-0.2, 0) is 17.9 Å². The highest BCUT2D eigenvalue weighted by Gasteiger charge is 2.32. The number of carbonyl (C=O) groups is 1. The molecule has 1 aromatic carbocycles. The van der Waals surface area contributed by atoms with Gasteiger partial charge in [0.2, 0.25) is 5.91 Å². The number of aromatic nitrogens is 2. The van der Waals surface area contributed by atoms with E-state index in [1.807, 2.05) is 12.1 Å². The number of rotatable bonds is 5. The highest BCUT2D eigenvalue weighted by molar-refractivity contribution is 8.00. The quantitative estimate of drug-likeness (QED) is 0.425. The molecule has 1 unspecified atom stereocenters. The fourth-order valence-corrected chi connectivity index (χ4v) is 6.43. The van der Waals surface area contributed by atoms with Crippen LogP contribution in [0.15, 0.2) is 46.1 Å². The fraction of sp³-hybridized carbons (Fsp3) is 0.423. The van der Waals surface area contributed by atoms with E-state index in [0.717, 1.165) is 28.9 Å². The number of thioether (sulfide) groups is 1. The van der Waals surface area contributed by atoms with Gasteiger partial charge in [0, 0.05) is 49.8 Å². The lowest BCUT2D eigenvalue weighted by atomic mass is 9.88. The number of aliphatic hydroxyl groups excluding tert-OH is 1. The van der Waals surface area contributed by atoms with E-state index in [0.29, 0.717) is 55.3 Å². The number of benzene rings is 1. The molecule has 0 bridgehead atoms. The van der Waals surface area contributed by atoms with Gasteiger partial charge < -0.3 is 25.2 Å². The van der Waals surface area contributed by atoms with Crippen LogP contribution >= 0.6 is 36.6 Å². The maximum absolute atomic E-state index is 15.0. The van der Waals surface area contributed by atoms with Crippen molar-refractivity contribution in [2.45, 2.75) is 48.9 Å². The molecule has 0 spiro atoms. The summed E-state index contributed by atoms with van der Waals surface area (Å²) in [6.07, 6.45) is 0.888. The molecule has 1 saturated heterocycles. The van der Waals surface area contributed by atoms with Crippen LogP contribution in [0.25, 0.3) is 10.9 Å². The number of aryl methyl sites for hydroxylation is 1. The molecular weight excluding hydrogens is 552 g/mol. The zero-order valence-electron chi connectivity index (χ0n) is 20.6. The van der Waals surface area contributed by atoms with Crippen LogP contribution in [0.2, 0.25) is 0 Å². The number of aliphatic hydroxyl groups is 1. The first-order chi connectivity index (χ1) is 17.5. The largest absolute Gasteiger partial charge is 0.390 e. The van der Waals surface area contributed by atoms with E-state index in [1.54, 1.807) is 22.8 Å². The third kappa shape index (κ3) is 5.57. The summed E-state index contributed by atoms with van der Waals surface area (Å²) in [7, 11) is 0. The topological polar surface area (TPSA) is 99.5 Å². The van der Waals surface area contributed by atoms with Crippen molar-refractivity contribution < 1.29 is 14.3 Å². The number of fused-ring (bicyclic) bond motifs is 1. The van der Waals surface area contributed by atoms with Crippen molar-refractivity contribution in [1.82, 2.24) is 19.8 Å². The lowest BCUT2D eigenvalue weighted by molar-refractivity contribution is -0.113. The molecule has 3 atom stereocenters. The summed E-state index contributed by atoms with van der Waals surface area (Å²) in [5.41, 5.74) is 2.05. The SMILES string of the molecule is Cl.Cl.O=C1CSc2ccc(CN[C@H]3CCN(CC4CCn5c(=O)ccc6ccc(F)c4c65)C[C@H]3O)nc2N1. The standard InChI is InChI=1S/C26H28FN5O3S.2ClH/c27-18-4-1-15-2-6-23(35)32-10-7-16(24(18)25(15)32)12-31-9-8-19(20(33)13-31)28-11-17-3-5-21-26(29-17)30-22(34)14-36-21;;/h1-6,16,19-20,28,33H,7-14H2,(H,29,30,34);2*1H/t16?,19-,20+;;/m0../s1. The van der Waals surface area contributed by atoms with E-state index in [4.69, 9.17) is 0 Å². The number of halogens is 3. The van der Waals surface area contributed by atoms with Crippen molar-refractivity contribution in [3.05, 3.63) is 63.8 Å². The summed E-state index contributed by atoms with van der Waals surface area (Å²) in [5, 5.41) is 18.0. The number of nitrogens with zero attached hydrogens (tertiary/aromatic N) is 3. The van der Waals surface area contributed by atoms with Gasteiger partial charge in [-0.05, 0) is 55.1 Å². The van der Waals surface area contributed by atoms with Crippen molar-refractivity contribution in [2.24, 2.45) is 0 Å². The average molecular weight is 583 g/mol. The summed E-state index contributed by atoms with van der Waals surface area (Å²) < 4.78 is 16.7. The van der Waals surface area contributed by atoms with Gasteiger partial charge in [0.25, 0.3) is 5.56 Å². The van der Waals surface area contributed by atoms with Crippen LogP contribution in [0.3, 0.4) is 0 Å². The summed E-state index contributed by atoms with van der Waals surface area (Å²) in [6, 6.07) is 10.4. The lowest BCUT2D eigenvalue weighted by Crippen LogP contribution is -2.53. The van der Waals surface area contributed by atoms with Crippen LogP contribution in [0, 0.1) is 5.82 Å². The first-order valence-corrected chi connectivity index (χ1v) is 13.3. The molecule has 1 fully saturated rings. The lowest BCUT2D eigenvalue weighted by Gasteiger charge is -2.39. The molecule has 0 aliphatic carbocycles. The molecule has 5 heterocycles. The van der Waals surface area contributed by atoms with Crippen LogP contribution in [0.1, 0.15) is 30.0 Å². The Morgan fingerprint density at radius 3 is 2.74 bits per heavy atom. The van der Waals surface area contributed by atoms with Crippen molar-refractivity contribution in [3.8, 4) is 0 Å². The molecule has 0 radical (unpaired) electrons. The maximum Gasteiger partial charge on any atom is 0.251 e. The zero-order chi connectivity index (χ0) is 24.8. The number of β-amino-alcohol motifs (C(OH)–C–C–N with tert-alkyl or cyclic N) is 1. The minimum absolute atomic E-state index is 0. The van der Waals surface area contributed by atoms with Gasteiger partial charge in [-0.25, -0.2) is 9.37 Å². The maximum atomic E-state index is 15.0. The molecular formula is C26H30Cl2FN5O3S. The molecule has 204 valence electrons. The van der Waals surface area contributed by atoms with E-state index in [1.165, 1.54) is 17.8 Å². The second kappa shape index (κ2) is 11.9. The van der Waals surface area contributed by atoms with Crippen molar-refractivity contribution in [2.75, 3.05) is 30.7 Å². The van der Waals surface area contributed by atoms with Crippen LogP contribution < -0.4 is 16.2 Å². The van der Waals surface area contributed by atoms with E-state index in [-0.39, 0.29) is 54.1 Å². The molecule has 2 aromatic heterocycles. The summed E-state index contributed by atoms with van der Waals surface area (Å²) in [4.78, 5) is 31.7. The number of amides is 1. The summed E-state index contributed by atoms with van der Waals surface area (Å²) in [5.74, 6) is 0.669. The van der Waals surface area contributed by atoms with Crippen LogP contribution in [0.4, 0.5) is 10.2 Å². The molecule has 38 heavy (non-hydrogen) atoms. The van der Waals surface area contributed by atoms with Crippen molar-refractivity contribution in [1.29, 1.82) is 0 Å². The number of hydrogen-bond acceptors (Lipinski definition) is 7. The summed E-state index contributed by atoms with van der Waals surface area (Å²) in [6.45, 7) is 3.00. The second-order valence-corrected chi connectivity index (χ2v) is 10.8. The number of hydrogen-bond donors (Lipinski definition) is 3. The Morgan fingerprint density at radius 1 is 1.11 bits per heavy atom. The smallest absolute Gasteiger partial charge is 0.251 e. The van der Waals surface area contributed by atoms with E-state index in [9.17, 15) is 19.1 Å². The molecule has 3 aliphatic rings. The van der Waals surface area contributed by atoms with E-state index < -0.39 is 6.10 Å². The van der Waals surface area contributed by atoms with Crippen molar-refractivity contribution in [3.63, 3.8) is 0 Å². The molecule has 3 N–H and O–H groups in total. The molecule has 1 amide bonds. The van der Waals surface area contributed by atoms with E-state index in [2.05, 4.69) is 20.5 Å². The van der Waals surface area contributed by atoms with Crippen LogP contribution in [-0.4, -0.2) is 63.0 Å². The first-order valence-electron chi connectivity index (χ1n) is 12.3.